The van der Waals surface area contributed by atoms with Crippen molar-refractivity contribution in [2.24, 2.45) is 5.10 Å². The molecule has 3 aromatic rings. The molecule has 2 aromatic heterocycles. The molecule has 1 amide bonds. The Kier molecular flexibility index (Phi) is 8.43. The zero-order valence-corrected chi connectivity index (χ0v) is 20.2. The maximum atomic E-state index is 13.2. The fourth-order valence-electron chi connectivity index (χ4n) is 3.72. The van der Waals surface area contributed by atoms with Gasteiger partial charge in [-0.1, -0.05) is 5.21 Å². The van der Waals surface area contributed by atoms with Gasteiger partial charge in [0.2, 0.25) is 17.4 Å². The lowest BCUT2D eigenvalue weighted by Crippen LogP contribution is -2.26. The molecule has 0 spiro atoms. The van der Waals surface area contributed by atoms with Crippen LogP contribution in [0.25, 0.3) is 5.82 Å². The summed E-state index contributed by atoms with van der Waals surface area (Å²) in [4.78, 5) is 15.3. The molecular formula is C20H26ClN9O5. The Morgan fingerprint density at radius 1 is 1.17 bits per heavy atom. The number of ether oxygens (including phenoxy) is 3. The zero-order valence-electron chi connectivity index (χ0n) is 19.4. The second kappa shape index (κ2) is 11.5. The highest BCUT2D eigenvalue weighted by molar-refractivity contribution is 5.95. The second-order valence-corrected chi connectivity index (χ2v) is 7.38. The quantitative estimate of drug-likeness (QED) is 0.313. The maximum Gasteiger partial charge on any atom is 0.292 e. The molecule has 3 heterocycles. The molecule has 3 N–H and O–H groups in total. The highest BCUT2D eigenvalue weighted by Gasteiger charge is 2.27. The second-order valence-electron chi connectivity index (χ2n) is 7.38. The summed E-state index contributed by atoms with van der Waals surface area (Å²) in [5.41, 5.74) is 9.47. The lowest BCUT2D eigenvalue weighted by molar-refractivity contribution is 0.0945. The first-order chi connectivity index (χ1) is 16.6. The van der Waals surface area contributed by atoms with Crippen molar-refractivity contribution in [2.75, 3.05) is 40.2 Å². The van der Waals surface area contributed by atoms with E-state index in [0.717, 1.165) is 25.9 Å². The first kappa shape index (κ1) is 25.7. The number of nitrogens with two attached hydrogens (primary N) is 1. The summed E-state index contributed by atoms with van der Waals surface area (Å²) in [6.45, 7) is 2.28. The molecule has 0 atom stereocenters. The van der Waals surface area contributed by atoms with Crippen LogP contribution in [-0.4, -0.2) is 76.7 Å². The van der Waals surface area contributed by atoms with E-state index >= 15 is 0 Å². The van der Waals surface area contributed by atoms with Crippen LogP contribution in [-0.2, 0) is 6.54 Å². The SMILES string of the molecule is COc1ccc(/C=N/NC(=O)c2c(CN3CCCC3)nnn2-c2nonc2N)c(OC)c1OC.Cl. The molecule has 188 valence electrons. The molecular weight excluding hydrogens is 482 g/mol. The average molecular weight is 508 g/mol. The number of anilines is 1. The molecule has 14 nitrogen and oxygen atoms in total. The number of likely N-dealkylation sites (tertiary alicyclic amines) is 1. The number of halogens is 1. The predicted octanol–water partition coefficient (Wildman–Crippen LogP) is 1.04. The van der Waals surface area contributed by atoms with Gasteiger partial charge in [-0.05, 0) is 48.4 Å². The van der Waals surface area contributed by atoms with Crippen LogP contribution in [0.4, 0.5) is 5.82 Å². The van der Waals surface area contributed by atoms with Crippen molar-refractivity contribution in [3.8, 4) is 23.1 Å². The Morgan fingerprint density at radius 3 is 2.54 bits per heavy atom. The molecule has 0 unspecified atom stereocenters. The number of carbonyl (C=O) groups excluding carboxylic acids is 1. The van der Waals surface area contributed by atoms with Gasteiger partial charge >= 0.3 is 0 Å². The summed E-state index contributed by atoms with van der Waals surface area (Å²) in [5, 5.41) is 19.6. The van der Waals surface area contributed by atoms with Crippen molar-refractivity contribution in [2.45, 2.75) is 19.4 Å². The van der Waals surface area contributed by atoms with Gasteiger partial charge in [-0.25, -0.2) is 10.1 Å². The van der Waals surface area contributed by atoms with Crippen molar-refractivity contribution in [3.63, 3.8) is 0 Å². The minimum atomic E-state index is -0.558. The molecule has 35 heavy (non-hydrogen) atoms. The zero-order chi connectivity index (χ0) is 24.1. The van der Waals surface area contributed by atoms with Gasteiger partial charge in [-0.3, -0.25) is 9.69 Å². The minimum Gasteiger partial charge on any atom is -0.493 e. The number of methoxy groups -OCH3 is 3. The molecule has 1 saturated heterocycles. The van der Waals surface area contributed by atoms with Crippen LogP contribution in [0.5, 0.6) is 17.2 Å². The summed E-state index contributed by atoms with van der Waals surface area (Å²) in [7, 11) is 4.53. The molecule has 0 radical (unpaired) electrons. The third kappa shape index (κ3) is 5.27. The Hall–Kier alpha value is -3.91. The van der Waals surface area contributed by atoms with Crippen LogP contribution in [0.2, 0.25) is 0 Å². The number of nitrogens with zero attached hydrogens (tertiary/aromatic N) is 7. The molecule has 1 aromatic carbocycles. The number of nitrogen functional groups attached to an aromatic ring is 1. The fourth-order valence-corrected chi connectivity index (χ4v) is 3.72. The van der Waals surface area contributed by atoms with Crippen molar-refractivity contribution in [1.29, 1.82) is 0 Å². The van der Waals surface area contributed by atoms with E-state index in [9.17, 15) is 4.79 Å². The topological polar surface area (TPSA) is 168 Å². The third-order valence-corrected chi connectivity index (χ3v) is 5.33. The van der Waals surface area contributed by atoms with Gasteiger partial charge in [0.05, 0.1) is 27.5 Å². The largest absolute Gasteiger partial charge is 0.493 e. The minimum absolute atomic E-state index is 0. The highest BCUT2D eigenvalue weighted by Crippen LogP contribution is 2.39. The van der Waals surface area contributed by atoms with Gasteiger partial charge < -0.3 is 19.9 Å². The fraction of sp³-hybridized carbons (Fsp3) is 0.400. The third-order valence-electron chi connectivity index (χ3n) is 5.33. The average Bonchev–Trinajstić information content (AvgIpc) is 3.60. The molecule has 1 aliphatic rings. The van der Waals surface area contributed by atoms with E-state index in [0.29, 0.717) is 35.1 Å². The van der Waals surface area contributed by atoms with Crippen LogP contribution in [0.1, 0.15) is 34.6 Å². The Bertz CT molecular complexity index is 1190. The summed E-state index contributed by atoms with van der Waals surface area (Å²) in [5.74, 6) is 0.798. The van der Waals surface area contributed by atoms with Crippen molar-refractivity contribution < 1.29 is 23.6 Å². The van der Waals surface area contributed by atoms with Crippen LogP contribution in [0.15, 0.2) is 21.9 Å². The number of hydrazone groups is 1. The van der Waals surface area contributed by atoms with Gasteiger partial charge in [0.15, 0.2) is 17.2 Å². The van der Waals surface area contributed by atoms with Crippen LogP contribution < -0.4 is 25.4 Å². The smallest absolute Gasteiger partial charge is 0.292 e. The standard InChI is InChI=1S/C20H25N9O5.ClH/c1-31-14-7-6-12(16(32-2)17(14)33-3)10-22-24-20(30)15-13(11-28-8-4-5-9-28)23-27-29(15)19-18(21)25-34-26-19;/h6-7,10H,4-5,8-9,11H2,1-3H3,(H2,21,25)(H,24,30);1H/b22-10+;. The summed E-state index contributed by atoms with van der Waals surface area (Å²) >= 11 is 0. The molecule has 15 heteroatoms. The van der Waals surface area contributed by atoms with Gasteiger partial charge in [-0.15, -0.1) is 17.5 Å². The maximum absolute atomic E-state index is 13.2. The van der Waals surface area contributed by atoms with E-state index in [-0.39, 0.29) is 29.7 Å². The van der Waals surface area contributed by atoms with E-state index in [1.165, 1.54) is 32.2 Å². The highest BCUT2D eigenvalue weighted by atomic mass is 35.5. The number of hydrogen-bond donors (Lipinski definition) is 2. The Morgan fingerprint density at radius 2 is 1.91 bits per heavy atom. The van der Waals surface area contributed by atoms with Gasteiger partial charge in [-0.2, -0.15) is 9.78 Å². The number of benzene rings is 1. The van der Waals surface area contributed by atoms with Gasteiger partial charge in [0, 0.05) is 12.1 Å². The molecule has 1 aliphatic heterocycles. The Balaban J connectivity index is 0.00000342. The number of amides is 1. The molecule has 1 fully saturated rings. The monoisotopic (exact) mass is 507 g/mol. The lowest BCUT2D eigenvalue weighted by atomic mass is 10.2. The first-order valence-electron chi connectivity index (χ1n) is 10.4. The summed E-state index contributed by atoms with van der Waals surface area (Å²) in [6, 6.07) is 3.43. The molecule has 0 bridgehead atoms. The van der Waals surface area contributed by atoms with Gasteiger partial charge in [0.1, 0.15) is 5.69 Å². The number of hydrogen-bond acceptors (Lipinski definition) is 12. The lowest BCUT2D eigenvalue weighted by Gasteiger charge is -2.14. The number of nitrogens with one attached hydrogen (secondary N) is 1. The van der Waals surface area contributed by atoms with E-state index in [2.05, 4.69) is 40.7 Å². The van der Waals surface area contributed by atoms with Crippen molar-refractivity contribution in [1.82, 2.24) is 35.6 Å². The van der Waals surface area contributed by atoms with Gasteiger partial charge in [0.25, 0.3) is 5.91 Å². The van der Waals surface area contributed by atoms with Crippen molar-refractivity contribution >= 4 is 30.3 Å². The van der Waals surface area contributed by atoms with E-state index in [1.54, 1.807) is 12.1 Å². The molecule has 4 rings (SSSR count). The van der Waals surface area contributed by atoms with E-state index < -0.39 is 5.91 Å². The molecule has 0 aliphatic carbocycles. The van der Waals surface area contributed by atoms with Crippen molar-refractivity contribution in [3.05, 3.63) is 29.1 Å². The van der Waals surface area contributed by atoms with E-state index in [4.69, 9.17) is 19.9 Å². The van der Waals surface area contributed by atoms with Crippen LogP contribution >= 0.6 is 12.4 Å². The normalized spacial score (nSPS) is 13.6. The number of aromatic nitrogens is 5. The summed E-state index contributed by atoms with van der Waals surface area (Å²) < 4.78 is 21.9. The van der Waals surface area contributed by atoms with Crippen LogP contribution in [0, 0.1) is 0 Å². The van der Waals surface area contributed by atoms with E-state index in [1.807, 2.05) is 0 Å². The first-order valence-corrected chi connectivity index (χ1v) is 10.4. The summed E-state index contributed by atoms with van der Waals surface area (Å²) in [6.07, 6.45) is 3.61. The Labute approximate surface area is 206 Å². The number of rotatable bonds is 9. The predicted molar refractivity (Wildman–Crippen MR) is 127 cm³/mol. The van der Waals surface area contributed by atoms with Crippen LogP contribution in [0.3, 0.4) is 0 Å². The number of carbonyl (C=O) groups is 1. The molecule has 0 saturated carbocycles.